The Kier molecular flexibility index (Phi) is 5.30. The number of allylic oxidation sites excluding steroid dienone is 1. The summed E-state index contributed by atoms with van der Waals surface area (Å²) in [6.45, 7) is 0.117. The first-order valence-corrected chi connectivity index (χ1v) is 9.78. The molecule has 2 aromatic carbocycles. The number of ketones is 4. The lowest BCUT2D eigenvalue weighted by Crippen LogP contribution is -2.46. The number of benzene rings is 2. The number of Topliss-reactive ketones (excluding diaryl/α,β-unsaturated/α-hetero) is 4. The van der Waals surface area contributed by atoms with E-state index >= 15 is 0 Å². The smallest absolute Gasteiger partial charge is 0.194 e. The maximum atomic E-state index is 13.4. The molecule has 0 saturated carbocycles. The molecule has 0 aliphatic heterocycles. The van der Waals surface area contributed by atoms with Crippen LogP contribution in [0.2, 0.25) is 0 Å². The Labute approximate surface area is 176 Å². The molecular formula is C23H20O8. The molecule has 2 aliphatic carbocycles. The molecule has 0 bridgehead atoms. The summed E-state index contributed by atoms with van der Waals surface area (Å²) >= 11 is 0. The van der Waals surface area contributed by atoms with Crippen LogP contribution in [0.4, 0.5) is 0 Å². The zero-order valence-electron chi connectivity index (χ0n) is 16.6. The van der Waals surface area contributed by atoms with Gasteiger partial charge in [0, 0.05) is 22.1 Å². The van der Waals surface area contributed by atoms with Crippen molar-refractivity contribution in [3.8, 4) is 5.75 Å². The number of aromatic hydroxyl groups is 1. The number of phenols is 1. The quantitative estimate of drug-likeness (QED) is 0.608. The third-order valence-corrected chi connectivity index (χ3v) is 5.77. The predicted molar refractivity (Wildman–Crippen MR) is 108 cm³/mol. The minimum atomic E-state index is -1.53. The maximum Gasteiger partial charge on any atom is 0.194 e. The Balaban J connectivity index is 1.89. The molecule has 8 nitrogen and oxygen atoms in total. The number of aliphatic hydroxyl groups excluding tert-OH is 2. The van der Waals surface area contributed by atoms with E-state index in [0.717, 1.165) is 0 Å². The van der Waals surface area contributed by atoms with Gasteiger partial charge in [0.15, 0.2) is 17.3 Å². The minimum absolute atomic E-state index is 0.0497. The van der Waals surface area contributed by atoms with Gasteiger partial charge in [0.25, 0.3) is 0 Å². The van der Waals surface area contributed by atoms with E-state index in [2.05, 4.69) is 0 Å². The first-order chi connectivity index (χ1) is 14.8. The fraction of sp³-hybridized carbons (Fsp3) is 0.304. The van der Waals surface area contributed by atoms with Crippen molar-refractivity contribution in [1.29, 1.82) is 0 Å². The van der Waals surface area contributed by atoms with Gasteiger partial charge in [-0.2, -0.15) is 0 Å². The first kappa shape index (κ1) is 21.0. The fourth-order valence-electron chi connectivity index (χ4n) is 4.17. The van der Waals surface area contributed by atoms with Gasteiger partial charge in [0.2, 0.25) is 0 Å². The Morgan fingerprint density at radius 1 is 1.19 bits per heavy atom. The van der Waals surface area contributed by atoms with Crippen molar-refractivity contribution in [3.05, 3.63) is 52.6 Å². The van der Waals surface area contributed by atoms with E-state index in [1.807, 2.05) is 0 Å². The van der Waals surface area contributed by atoms with Gasteiger partial charge < -0.3 is 20.1 Å². The summed E-state index contributed by atoms with van der Waals surface area (Å²) in [5.74, 6) is -3.96. The van der Waals surface area contributed by atoms with Crippen LogP contribution in [0.15, 0.2) is 41.5 Å². The molecule has 2 aliphatic rings. The Morgan fingerprint density at radius 2 is 1.90 bits per heavy atom. The number of carbonyl (C=O) groups excluding carboxylic acids is 4. The third kappa shape index (κ3) is 3.29. The monoisotopic (exact) mass is 424 g/mol. The summed E-state index contributed by atoms with van der Waals surface area (Å²) in [7, 11) is 0. The molecule has 31 heavy (non-hydrogen) atoms. The van der Waals surface area contributed by atoms with Crippen molar-refractivity contribution < 1.29 is 39.2 Å². The lowest BCUT2D eigenvalue weighted by molar-refractivity contribution is -0.140. The molecular weight excluding hydrogens is 404 g/mol. The van der Waals surface area contributed by atoms with Crippen molar-refractivity contribution in [2.45, 2.75) is 25.6 Å². The average molecular weight is 424 g/mol. The van der Waals surface area contributed by atoms with Gasteiger partial charge in [-0.05, 0) is 24.8 Å². The van der Waals surface area contributed by atoms with Crippen LogP contribution in [0.5, 0.6) is 5.75 Å². The molecule has 0 spiro atoms. The first-order valence-electron chi connectivity index (χ1n) is 9.78. The summed E-state index contributed by atoms with van der Waals surface area (Å²) in [5, 5.41) is 30.3. The van der Waals surface area contributed by atoms with Gasteiger partial charge in [0.1, 0.15) is 23.7 Å². The molecule has 0 fully saturated rings. The van der Waals surface area contributed by atoms with E-state index in [4.69, 9.17) is 9.84 Å². The molecule has 0 unspecified atom stereocenters. The highest BCUT2D eigenvalue weighted by atomic mass is 16.5. The van der Waals surface area contributed by atoms with E-state index in [9.17, 15) is 29.4 Å². The second-order valence-corrected chi connectivity index (χ2v) is 7.74. The number of rotatable bonds is 5. The van der Waals surface area contributed by atoms with Gasteiger partial charge in [0.05, 0.1) is 24.7 Å². The average Bonchev–Trinajstić information content (AvgIpc) is 2.75. The van der Waals surface area contributed by atoms with Crippen LogP contribution < -0.4 is 0 Å². The van der Waals surface area contributed by atoms with Crippen molar-refractivity contribution >= 4 is 33.9 Å². The summed E-state index contributed by atoms with van der Waals surface area (Å²) in [6, 6.07) is 8.20. The van der Waals surface area contributed by atoms with Gasteiger partial charge in [-0.1, -0.05) is 24.3 Å². The summed E-state index contributed by atoms with van der Waals surface area (Å²) in [5.41, 5.74) is -0.440. The van der Waals surface area contributed by atoms with Gasteiger partial charge in [-0.3, -0.25) is 19.2 Å². The summed E-state index contributed by atoms with van der Waals surface area (Å²) < 4.78 is 5.44. The molecule has 2 aromatic rings. The Bertz CT molecular complexity index is 1180. The van der Waals surface area contributed by atoms with Crippen LogP contribution in [0.1, 0.15) is 34.1 Å². The Morgan fingerprint density at radius 3 is 2.58 bits per heavy atom. The SMILES string of the molecule is CC(=O)[C@H]1CC2=C(C(=O)c3cc4ccccc4c(O)c3C2=O)[C@H](OC[C@H](O)CO)C1=O. The predicted octanol–water partition coefficient (Wildman–Crippen LogP) is 1.14. The van der Waals surface area contributed by atoms with Crippen LogP contribution in [-0.2, 0) is 14.3 Å². The maximum absolute atomic E-state index is 13.4. The second-order valence-electron chi connectivity index (χ2n) is 7.74. The lowest BCUT2D eigenvalue weighted by Gasteiger charge is -2.33. The van der Waals surface area contributed by atoms with Crippen LogP contribution in [-0.4, -0.2) is 63.9 Å². The highest BCUT2D eigenvalue weighted by Crippen LogP contribution is 2.43. The van der Waals surface area contributed by atoms with E-state index in [-0.39, 0.29) is 34.4 Å². The number of phenolic OH excluding ortho intramolecular Hbond substituents is 1. The van der Waals surface area contributed by atoms with E-state index in [1.54, 1.807) is 24.3 Å². The van der Waals surface area contributed by atoms with Crippen molar-refractivity contribution in [2.75, 3.05) is 13.2 Å². The minimum Gasteiger partial charge on any atom is -0.507 e. The molecule has 160 valence electrons. The fourth-order valence-corrected chi connectivity index (χ4v) is 4.17. The molecule has 4 rings (SSSR count). The van der Waals surface area contributed by atoms with E-state index in [1.165, 1.54) is 13.0 Å². The third-order valence-electron chi connectivity index (χ3n) is 5.77. The summed E-state index contributed by atoms with van der Waals surface area (Å²) in [6.07, 6.45) is -3.09. The number of ether oxygens (including phenoxy) is 1. The highest BCUT2D eigenvalue weighted by molar-refractivity contribution is 6.32. The van der Waals surface area contributed by atoms with Crippen LogP contribution >= 0.6 is 0 Å². The van der Waals surface area contributed by atoms with E-state index in [0.29, 0.717) is 10.8 Å². The van der Waals surface area contributed by atoms with Gasteiger partial charge in [-0.15, -0.1) is 0 Å². The van der Waals surface area contributed by atoms with Crippen LogP contribution in [0.3, 0.4) is 0 Å². The molecule has 0 aromatic heterocycles. The number of fused-ring (bicyclic) bond motifs is 2. The number of hydrogen-bond acceptors (Lipinski definition) is 8. The molecule has 0 saturated heterocycles. The highest BCUT2D eigenvalue weighted by Gasteiger charge is 2.48. The van der Waals surface area contributed by atoms with Crippen molar-refractivity contribution in [3.63, 3.8) is 0 Å². The normalized spacial score (nSPS) is 21.8. The molecule has 0 amide bonds. The number of hydrogen-bond donors (Lipinski definition) is 3. The van der Waals surface area contributed by atoms with Crippen LogP contribution in [0, 0.1) is 5.92 Å². The lowest BCUT2D eigenvalue weighted by atomic mass is 9.70. The van der Waals surface area contributed by atoms with Crippen LogP contribution in [0.25, 0.3) is 10.8 Å². The molecule has 0 heterocycles. The van der Waals surface area contributed by atoms with Crippen molar-refractivity contribution in [2.24, 2.45) is 5.92 Å². The van der Waals surface area contributed by atoms with E-state index < -0.39 is 54.5 Å². The topological polar surface area (TPSA) is 138 Å². The zero-order valence-corrected chi connectivity index (χ0v) is 16.6. The molecule has 0 radical (unpaired) electrons. The Hall–Kier alpha value is -3.20. The standard InChI is InChI=1S/C23H20O8/c1-10(25)14-7-16-18(23(22(14)30)31-9-12(26)8-24)21(29)15-6-11-4-2-3-5-13(11)19(27)17(15)20(16)28/h2-6,12,14,23-24,26-27H,7-9H2,1H3/t12-,14-,23+/m1/s1. The van der Waals surface area contributed by atoms with Crippen molar-refractivity contribution in [1.82, 2.24) is 0 Å². The number of aliphatic hydroxyl groups is 2. The molecule has 3 atom stereocenters. The summed E-state index contributed by atoms with van der Waals surface area (Å²) in [4.78, 5) is 51.7. The number of carbonyl (C=O) groups is 4. The van der Waals surface area contributed by atoms with Gasteiger partial charge >= 0.3 is 0 Å². The second kappa shape index (κ2) is 7.81. The molecule has 3 N–H and O–H groups in total. The largest absolute Gasteiger partial charge is 0.507 e. The zero-order chi connectivity index (χ0) is 22.4. The molecule has 8 heteroatoms. The van der Waals surface area contributed by atoms with Gasteiger partial charge in [-0.25, -0.2) is 0 Å².